The number of rotatable bonds is 1. The van der Waals surface area contributed by atoms with Gasteiger partial charge >= 0.3 is 0 Å². The Kier molecular flexibility index (Phi) is 1.50. The first-order valence-corrected chi connectivity index (χ1v) is 3.73. The Morgan fingerprint density at radius 1 is 1.58 bits per heavy atom. The normalized spacial score (nSPS) is 19.8. The summed E-state index contributed by atoms with van der Waals surface area (Å²) in [6.45, 7) is 0. The summed E-state index contributed by atoms with van der Waals surface area (Å²) in [6, 6.07) is 4.89. The van der Waals surface area contributed by atoms with Gasteiger partial charge in [-0.1, -0.05) is 6.07 Å². The molecule has 0 saturated heterocycles. The molecule has 0 saturated carbocycles. The molecular weight excluding hydrogens is 156 g/mol. The summed E-state index contributed by atoms with van der Waals surface area (Å²) in [5.74, 6) is 0.785. The van der Waals surface area contributed by atoms with E-state index in [1.54, 1.807) is 12.1 Å². The number of fused-ring (bicyclic) bond motifs is 1. The Hall–Kier alpha value is -1.51. The van der Waals surface area contributed by atoms with Gasteiger partial charge in [0.15, 0.2) is 12.4 Å². The van der Waals surface area contributed by atoms with E-state index in [1.165, 1.54) is 6.07 Å². The van der Waals surface area contributed by atoms with Gasteiger partial charge in [0.2, 0.25) is 0 Å². The van der Waals surface area contributed by atoms with Crippen molar-refractivity contribution in [2.24, 2.45) is 0 Å². The van der Waals surface area contributed by atoms with Crippen LogP contribution in [0.25, 0.3) is 0 Å². The minimum atomic E-state index is -0.373. The van der Waals surface area contributed by atoms with Gasteiger partial charge in [0, 0.05) is 12.5 Å². The van der Waals surface area contributed by atoms with E-state index in [0.29, 0.717) is 12.2 Å². The molecule has 3 heteroatoms. The number of benzene rings is 1. The molecule has 0 bridgehead atoms. The van der Waals surface area contributed by atoms with E-state index in [4.69, 9.17) is 9.84 Å². The van der Waals surface area contributed by atoms with Gasteiger partial charge in [-0.2, -0.15) is 0 Å². The number of ether oxygens (including phenoxy) is 1. The molecule has 1 heterocycles. The van der Waals surface area contributed by atoms with E-state index in [0.717, 1.165) is 11.8 Å². The molecule has 1 aromatic carbocycles. The lowest BCUT2D eigenvalue weighted by Gasteiger charge is -2.00. The van der Waals surface area contributed by atoms with Crippen LogP contribution in [0.2, 0.25) is 0 Å². The number of carbonyl (C=O) groups excluding carboxylic acids is 1. The van der Waals surface area contributed by atoms with Crippen LogP contribution in [-0.4, -0.2) is 17.5 Å². The van der Waals surface area contributed by atoms with Gasteiger partial charge in [-0.3, -0.25) is 4.79 Å². The molecule has 0 fully saturated rings. The lowest BCUT2D eigenvalue weighted by molar-refractivity contribution is -0.113. The van der Waals surface area contributed by atoms with Crippen LogP contribution < -0.4 is 4.74 Å². The number of phenols is 1. The Morgan fingerprint density at radius 3 is 3.17 bits per heavy atom. The Balaban J connectivity index is 2.35. The van der Waals surface area contributed by atoms with Crippen molar-refractivity contribution >= 4 is 6.29 Å². The molecule has 12 heavy (non-hydrogen) atoms. The minimum Gasteiger partial charge on any atom is -0.508 e. The molecule has 2 rings (SSSR count). The van der Waals surface area contributed by atoms with Gasteiger partial charge in [-0.25, -0.2) is 0 Å². The Morgan fingerprint density at radius 2 is 2.42 bits per heavy atom. The number of carbonyl (C=O) groups is 1. The van der Waals surface area contributed by atoms with Crippen molar-refractivity contribution in [1.82, 2.24) is 0 Å². The van der Waals surface area contributed by atoms with Crippen LogP contribution >= 0.6 is 0 Å². The maximum absolute atomic E-state index is 10.4. The highest BCUT2D eigenvalue weighted by Crippen LogP contribution is 2.31. The van der Waals surface area contributed by atoms with Crippen LogP contribution in [0.3, 0.4) is 0 Å². The van der Waals surface area contributed by atoms with E-state index in [2.05, 4.69) is 0 Å². The zero-order valence-electron chi connectivity index (χ0n) is 6.36. The summed E-state index contributed by atoms with van der Waals surface area (Å²) in [6.07, 6.45) is 1.01. The van der Waals surface area contributed by atoms with Gasteiger partial charge < -0.3 is 9.84 Å². The van der Waals surface area contributed by atoms with Gasteiger partial charge in [0.05, 0.1) is 0 Å². The average Bonchev–Trinajstić information content (AvgIpc) is 2.46. The third-order valence-electron chi connectivity index (χ3n) is 1.90. The zero-order chi connectivity index (χ0) is 8.55. The molecule has 0 aromatic heterocycles. The average molecular weight is 164 g/mol. The number of aromatic hydroxyl groups is 1. The summed E-state index contributed by atoms with van der Waals surface area (Å²) in [7, 11) is 0. The summed E-state index contributed by atoms with van der Waals surface area (Å²) in [5, 5.41) is 9.09. The first kappa shape index (κ1) is 7.16. The second-order valence-electron chi connectivity index (χ2n) is 2.79. The fraction of sp³-hybridized carbons (Fsp3) is 0.222. The summed E-state index contributed by atoms with van der Waals surface area (Å²) >= 11 is 0. The summed E-state index contributed by atoms with van der Waals surface area (Å²) in [5.41, 5.74) is 0.977. The lowest BCUT2D eigenvalue weighted by Crippen LogP contribution is -2.13. The third-order valence-corrected chi connectivity index (χ3v) is 1.90. The van der Waals surface area contributed by atoms with Gasteiger partial charge in [0.1, 0.15) is 11.5 Å². The molecule has 1 aliphatic heterocycles. The molecule has 0 radical (unpaired) electrons. The standard InChI is InChI=1S/C9H8O3/c10-5-8-3-6-1-2-7(11)4-9(6)12-8/h1-2,4-5,8,11H,3H2. The second kappa shape index (κ2) is 2.52. The van der Waals surface area contributed by atoms with Gasteiger partial charge in [0.25, 0.3) is 0 Å². The summed E-state index contributed by atoms with van der Waals surface area (Å²) < 4.78 is 5.21. The fourth-order valence-corrected chi connectivity index (χ4v) is 1.32. The number of hydrogen-bond acceptors (Lipinski definition) is 3. The lowest BCUT2D eigenvalue weighted by atomic mass is 10.1. The van der Waals surface area contributed by atoms with Crippen LogP contribution in [0.4, 0.5) is 0 Å². The van der Waals surface area contributed by atoms with E-state index >= 15 is 0 Å². The van der Waals surface area contributed by atoms with Crippen molar-refractivity contribution in [3.05, 3.63) is 23.8 Å². The van der Waals surface area contributed by atoms with Crippen LogP contribution in [0, 0.1) is 0 Å². The predicted molar refractivity (Wildman–Crippen MR) is 42.3 cm³/mol. The van der Waals surface area contributed by atoms with Gasteiger partial charge in [-0.15, -0.1) is 0 Å². The Bertz CT molecular complexity index is 320. The molecule has 62 valence electrons. The van der Waals surface area contributed by atoms with E-state index in [-0.39, 0.29) is 11.9 Å². The molecule has 3 nitrogen and oxygen atoms in total. The Labute approximate surface area is 69.6 Å². The van der Waals surface area contributed by atoms with Crippen molar-refractivity contribution in [2.45, 2.75) is 12.5 Å². The molecule has 1 aliphatic rings. The number of aldehydes is 1. The van der Waals surface area contributed by atoms with Crippen LogP contribution in [0.5, 0.6) is 11.5 Å². The molecular formula is C9H8O3. The SMILES string of the molecule is O=CC1Cc2ccc(O)cc2O1. The quantitative estimate of drug-likeness (QED) is 0.627. The van der Waals surface area contributed by atoms with E-state index in [9.17, 15) is 4.79 Å². The van der Waals surface area contributed by atoms with Crippen molar-refractivity contribution in [2.75, 3.05) is 0 Å². The zero-order valence-corrected chi connectivity index (χ0v) is 6.36. The van der Waals surface area contributed by atoms with Crippen LogP contribution in [0.15, 0.2) is 18.2 Å². The van der Waals surface area contributed by atoms with Crippen molar-refractivity contribution in [1.29, 1.82) is 0 Å². The van der Waals surface area contributed by atoms with Crippen molar-refractivity contribution in [3.63, 3.8) is 0 Å². The van der Waals surface area contributed by atoms with Crippen molar-refractivity contribution < 1.29 is 14.6 Å². The maximum atomic E-state index is 10.4. The molecule has 0 amide bonds. The predicted octanol–water partition coefficient (Wildman–Crippen LogP) is 0.895. The number of phenolic OH excluding ortho intramolecular Hbond substituents is 1. The molecule has 1 unspecified atom stereocenters. The van der Waals surface area contributed by atoms with Gasteiger partial charge in [-0.05, 0) is 11.6 Å². The maximum Gasteiger partial charge on any atom is 0.160 e. The monoisotopic (exact) mass is 164 g/mol. The van der Waals surface area contributed by atoms with Crippen LogP contribution in [-0.2, 0) is 11.2 Å². The van der Waals surface area contributed by atoms with Crippen LogP contribution in [0.1, 0.15) is 5.56 Å². The third kappa shape index (κ3) is 1.03. The highest BCUT2D eigenvalue weighted by molar-refractivity contribution is 5.61. The number of hydrogen-bond donors (Lipinski definition) is 1. The van der Waals surface area contributed by atoms with Crippen molar-refractivity contribution in [3.8, 4) is 11.5 Å². The topological polar surface area (TPSA) is 46.5 Å². The highest BCUT2D eigenvalue weighted by Gasteiger charge is 2.21. The van der Waals surface area contributed by atoms with E-state index in [1.807, 2.05) is 0 Å². The molecule has 0 spiro atoms. The van der Waals surface area contributed by atoms with E-state index < -0.39 is 0 Å². The fourth-order valence-electron chi connectivity index (χ4n) is 1.32. The smallest absolute Gasteiger partial charge is 0.160 e. The molecule has 1 atom stereocenters. The molecule has 1 aromatic rings. The second-order valence-corrected chi connectivity index (χ2v) is 2.79. The molecule has 0 aliphatic carbocycles. The minimum absolute atomic E-state index is 0.167. The largest absolute Gasteiger partial charge is 0.508 e. The summed E-state index contributed by atoms with van der Waals surface area (Å²) in [4.78, 5) is 10.4. The first-order chi connectivity index (χ1) is 5.79. The first-order valence-electron chi connectivity index (χ1n) is 3.73. The highest BCUT2D eigenvalue weighted by atomic mass is 16.5. The molecule has 1 N–H and O–H groups in total.